The molecule has 1 aromatic rings. The normalized spacial score (nSPS) is 25.0. The minimum absolute atomic E-state index is 0.335. The van der Waals surface area contributed by atoms with Crippen LogP contribution in [0, 0.1) is 11.8 Å². The van der Waals surface area contributed by atoms with Gasteiger partial charge in [0.2, 0.25) is 0 Å². The molecule has 0 spiro atoms. The molecule has 0 bridgehead atoms. The summed E-state index contributed by atoms with van der Waals surface area (Å²) in [4.78, 5) is 0. The molecule has 0 radical (unpaired) electrons. The lowest BCUT2D eigenvalue weighted by Crippen LogP contribution is -2.19. The van der Waals surface area contributed by atoms with Crippen LogP contribution in [-0.4, -0.2) is 17.8 Å². The zero-order valence-corrected chi connectivity index (χ0v) is 11.2. The lowest BCUT2D eigenvalue weighted by atomic mass is 9.92. The summed E-state index contributed by atoms with van der Waals surface area (Å²) >= 11 is 0. The standard InChI is InChI=1S/C16H24O2/c1-13-6-5-7-14(13)10-11-15(17)12-18-16-8-3-2-4-9-16/h2-4,8-9,13-15,17H,5-7,10-12H2,1H3/t13-,14?,15?/m0/s1. The molecule has 1 aromatic carbocycles. The van der Waals surface area contributed by atoms with Crippen LogP contribution in [0.2, 0.25) is 0 Å². The summed E-state index contributed by atoms with van der Waals surface area (Å²) in [6.45, 7) is 2.75. The summed E-state index contributed by atoms with van der Waals surface area (Å²) in [6, 6.07) is 9.70. The molecule has 1 fully saturated rings. The third-order valence-corrected chi connectivity index (χ3v) is 4.10. The van der Waals surface area contributed by atoms with Gasteiger partial charge in [-0.3, -0.25) is 0 Å². The Kier molecular flexibility index (Phi) is 5.06. The zero-order chi connectivity index (χ0) is 12.8. The molecule has 0 heterocycles. The number of aliphatic hydroxyl groups is 1. The van der Waals surface area contributed by atoms with Gasteiger partial charge in [-0.1, -0.05) is 44.4 Å². The van der Waals surface area contributed by atoms with Crippen molar-refractivity contribution in [3.63, 3.8) is 0 Å². The molecule has 2 rings (SSSR count). The monoisotopic (exact) mass is 248 g/mol. The molecule has 3 atom stereocenters. The van der Waals surface area contributed by atoms with Crippen molar-refractivity contribution in [2.45, 2.75) is 45.1 Å². The van der Waals surface area contributed by atoms with Gasteiger partial charge < -0.3 is 9.84 Å². The summed E-state index contributed by atoms with van der Waals surface area (Å²) in [6.07, 6.45) is 5.73. The van der Waals surface area contributed by atoms with E-state index in [1.807, 2.05) is 30.3 Å². The van der Waals surface area contributed by atoms with Crippen molar-refractivity contribution in [2.24, 2.45) is 11.8 Å². The van der Waals surface area contributed by atoms with Crippen LogP contribution >= 0.6 is 0 Å². The number of hydrogen-bond acceptors (Lipinski definition) is 2. The number of hydrogen-bond donors (Lipinski definition) is 1. The van der Waals surface area contributed by atoms with Gasteiger partial charge in [-0.2, -0.15) is 0 Å². The third kappa shape index (κ3) is 4.02. The first-order valence-corrected chi connectivity index (χ1v) is 7.11. The van der Waals surface area contributed by atoms with Gasteiger partial charge in [-0.15, -0.1) is 0 Å². The van der Waals surface area contributed by atoms with Gasteiger partial charge in [0.15, 0.2) is 0 Å². The third-order valence-electron chi connectivity index (χ3n) is 4.10. The van der Waals surface area contributed by atoms with Crippen molar-refractivity contribution in [2.75, 3.05) is 6.61 Å². The van der Waals surface area contributed by atoms with E-state index in [2.05, 4.69) is 6.92 Å². The molecule has 0 aliphatic heterocycles. The average molecular weight is 248 g/mol. The number of rotatable bonds is 6. The second-order valence-corrected chi connectivity index (χ2v) is 5.52. The molecule has 0 saturated heterocycles. The predicted octanol–water partition coefficient (Wildman–Crippen LogP) is 3.64. The van der Waals surface area contributed by atoms with E-state index in [4.69, 9.17) is 4.74 Å². The fourth-order valence-corrected chi connectivity index (χ4v) is 2.85. The van der Waals surface area contributed by atoms with Gasteiger partial charge in [-0.25, -0.2) is 0 Å². The van der Waals surface area contributed by atoms with E-state index in [0.717, 1.165) is 30.4 Å². The van der Waals surface area contributed by atoms with Gasteiger partial charge in [0.1, 0.15) is 12.4 Å². The zero-order valence-electron chi connectivity index (χ0n) is 11.2. The van der Waals surface area contributed by atoms with E-state index in [-0.39, 0.29) is 6.10 Å². The molecular formula is C16H24O2. The minimum Gasteiger partial charge on any atom is -0.491 e. The SMILES string of the molecule is C[C@H]1CCCC1CCC(O)COc1ccccc1. The highest BCUT2D eigenvalue weighted by molar-refractivity contribution is 5.20. The predicted molar refractivity (Wildman–Crippen MR) is 73.7 cm³/mol. The molecule has 100 valence electrons. The number of para-hydroxylation sites is 1. The van der Waals surface area contributed by atoms with E-state index >= 15 is 0 Å². The molecule has 2 heteroatoms. The Hall–Kier alpha value is -1.02. The highest BCUT2D eigenvalue weighted by Crippen LogP contribution is 2.34. The largest absolute Gasteiger partial charge is 0.491 e. The highest BCUT2D eigenvalue weighted by atomic mass is 16.5. The van der Waals surface area contributed by atoms with Crippen molar-refractivity contribution in [3.05, 3.63) is 30.3 Å². The molecule has 0 aromatic heterocycles. The topological polar surface area (TPSA) is 29.5 Å². The second-order valence-electron chi connectivity index (χ2n) is 5.52. The second kappa shape index (κ2) is 6.79. The lowest BCUT2D eigenvalue weighted by Gasteiger charge is -2.18. The summed E-state index contributed by atoms with van der Waals surface area (Å²) < 4.78 is 5.56. The summed E-state index contributed by atoms with van der Waals surface area (Å²) in [5.41, 5.74) is 0. The molecule has 1 saturated carbocycles. The maximum atomic E-state index is 9.93. The average Bonchev–Trinajstić information content (AvgIpc) is 2.81. The Morgan fingerprint density at radius 1 is 1.28 bits per heavy atom. The quantitative estimate of drug-likeness (QED) is 0.832. The van der Waals surface area contributed by atoms with E-state index in [1.165, 1.54) is 19.3 Å². The molecule has 0 amide bonds. The van der Waals surface area contributed by atoms with Crippen LogP contribution in [0.3, 0.4) is 0 Å². The van der Waals surface area contributed by atoms with E-state index in [1.54, 1.807) is 0 Å². The van der Waals surface area contributed by atoms with Crippen LogP contribution in [0.5, 0.6) is 5.75 Å². The van der Waals surface area contributed by atoms with Gasteiger partial charge in [0.25, 0.3) is 0 Å². The molecule has 18 heavy (non-hydrogen) atoms. The molecule has 2 unspecified atom stereocenters. The van der Waals surface area contributed by atoms with Gasteiger partial charge in [-0.05, 0) is 36.8 Å². The Bertz CT molecular complexity index is 336. The van der Waals surface area contributed by atoms with Crippen molar-refractivity contribution in [3.8, 4) is 5.75 Å². The Morgan fingerprint density at radius 2 is 2.06 bits per heavy atom. The van der Waals surface area contributed by atoms with Crippen LogP contribution in [0.1, 0.15) is 39.0 Å². The maximum absolute atomic E-state index is 9.93. The van der Waals surface area contributed by atoms with Gasteiger partial charge in [0, 0.05) is 0 Å². The summed E-state index contributed by atoms with van der Waals surface area (Å²) in [5.74, 6) is 2.49. The number of benzene rings is 1. The molecular weight excluding hydrogens is 224 g/mol. The van der Waals surface area contributed by atoms with Crippen molar-refractivity contribution >= 4 is 0 Å². The van der Waals surface area contributed by atoms with Crippen LogP contribution in [0.15, 0.2) is 30.3 Å². The van der Waals surface area contributed by atoms with E-state index < -0.39 is 0 Å². The van der Waals surface area contributed by atoms with Crippen LogP contribution in [-0.2, 0) is 0 Å². The first-order valence-electron chi connectivity index (χ1n) is 7.11. The molecule has 2 nitrogen and oxygen atoms in total. The first-order chi connectivity index (χ1) is 8.75. The van der Waals surface area contributed by atoms with Crippen LogP contribution in [0.4, 0.5) is 0 Å². The number of aliphatic hydroxyl groups excluding tert-OH is 1. The Labute approximate surface area is 110 Å². The lowest BCUT2D eigenvalue weighted by molar-refractivity contribution is 0.0920. The highest BCUT2D eigenvalue weighted by Gasteiger charge is 2.23. The Morgan fingerprint density at radius 3 is 2.72 bits per heavy atom. The van der Waals surface area contributed by atoms with Crippen LogP contribution in [0.25, 0.3) is 0 Å². The molecule has 1 aliphatic rings. The summed E-state index contributed by atoms with van der Waals surface area (Å²) in [7, 11) is 0. The fraction of sp³-hybridized carbons (Fsp3) is 0.625. The molecule has 1 N–H and O–H groups in total. The van der Waals surface area contributed by atoms with E-state index in [0.29, 0.717) is 6.61 Å². The summed E-state index contributed by atoms with van der Waals surface area (Å²) in [5, 5.41) is 9.93. The number of ether oxygens (including phenoxy) is 1. The Balaban J connectivity index is 1.64. The van der Waals surface area contributed by atoms with Crippen molar-refractivity contribution in [1.82, 2.24) is 0 Å². The fourth-order valence-electron chi connectivity index (χ4n) is 2.85. The minimum atomic E-state index is -0.335. The first kappa shape index (κ1) is 13.4. The van der Waals surface area contributed by atoms with Crippen molar-refractivity contribution < 1.29 is 9.84 Å². The van der Waals surface area contributed by atoms with Crippen LogP contribution < -0.4 is 4.74 Å². The smallest absolute Gasteiger partial charge is 0.119 e. The molecule has 1 aliphatic carbocycles. The van der Waals surface area contributed by atoms with E-state index in [9.17, 15) is 5.11 Å². The van der Waals surface area contributed by atoms with Gasteiger partial charge in [0.05, 0.1) is 6.10 Å². The van der Waals surface area contributed by atoms with Gasteiger partial charge >= 0.3 is 0 Å². The van der Waals surface area contributed by atoms with Crippen molar-refractivity contribution in [1.29, 1.82) is 0 Å². The maximum Gasteiger partial charge on any atom is 0.119 e.